The molecule has 0 unspecified atom stereocenters. The fourth-order valence-corrected chi connectivity index (χ4v) is 3.53. The van der Waals surface area contributed by atoms with E-state index in [0.717, 1.165) is 38.5 Å². The van der Waals surface area contributed by atoms with E-state index in [1.807, 2.05) is 0 Å². The molecule has 0 bridgehead atoms. The number of rotatable bonds is 10. The molecule has 3 aromatic rings. The Labute approximate surface area is 171 Å². The first-order chi connectivity index (χ1) is 14.1. The van der Waals surface area contributed by atoms with Crippen LogP contribution in [-0.2, 0) is 11.2 Å². The monoisotopic (exact) mass is 389 g/mol. The maximum Gasteiger partial charge on any atom is 0.337 e. The average Bonchev–Trinajstić information content (AvgIpc) is 2.73. The Hall–Kier alpha value is -3.14. The van der Waals surface area contributed by atoms with Crippen LogP contribution in [0.4, 0.5) is 5.69 Å². The van der Waals surface area contributed by atoms with Crippen molar-refractivity contribution in [2.45, 2.75) is 44.9 Å². The summed E-state index contributed by atoms with van der Waals surface area (Å²) >= 11 is 0. The summed E-state index contributed by atoms with van der Waals surface area (Å²) in [7, 11) is 0. The average molecular weight is 389 g/mol. The van der Waals surface area contributed by atoms with E-state index in [1.165, 1.54) is 22.4 Å². The Morgan fingerprint density at radius 2 is 1.45 bits per heavy atom. The largest absolute Gasteiger partial charge is 0.478 e. The number of carboxylic acids is 1. The number of para-hydroxylation sites is 1. The van der Waals surface area contributed by atoms with Crippen molar-refractivity contribution in [1.29, 1.82) is 0 Å². The number of unbranched alkanes of at least 4 members (excludes halogenated alkanes) is 4. The first-order valence-electron chi connectivity index (χ1n) is 10.2. The highest BCUT2D eigenvalue weighted by Crippen LogP contribution is 2.18. The number of nitrogens with one attached hydrogen (secondary N) is 1. The Kier molecular flexibility index (Phi) is 7.40. The molecule has 4 nitrogen and oxygen atoms in total. The molecule has 0 spiro atoms. The number of carbonyl (C=O) groups excluding carboxylic acids is 1. The summed E-state index contributed by atoms with van der Waals surface area (Å²) in [4.78, 5) is 23.2. The van der Waals surface area contributed by atoms with Gasteiger partial charge < -0.3 is 10.4 Å². The summed E-state index contributed by atoms with van der Waals surface area (Å²) in [5, 5.41) is 14.4. The molecule has 3 rings (SSSR count). The van der Waals surface area contributed by atoms with E-state index in [4.69, 9.17) is 5.11 Å². The molecule has 2 N–H and O–H groups in total. The molecule has 3 aromatic carbocycles. The molecule has 0 aliphatic heterocycles. The Morgan fingerprint density at radius 1 is 0.759 bits per heavy atom. The minimum atomic E-state index is -1.03. The third-order valence-corrected chi connectivity index (χ3v) is 5.11. The third kappa shape index (κ3) is 6.18. The number of aryl methyl sites for hydroxylation is 1. The molecule has 4 heteroatoms. The lowest BCUT2D eigenvalue weighted by molar-refractivity contribution is -0.116. The van der Waals surface area contributed by atoms with Gasteiger partial charge >= 0.3 is 5.97 Å². The van der Waals surface area contributed by atoms with Crippen LogP contribution in [0.5, 0.6) is 0 Å². The van der Waals surface area contributed by atoms with Crippen molar-refractivity contribution in [3.63, 3.8) is 0 Å². The van der Waals surface area contributed by atoms with E-state index in [0.29, 0.717) is 12.1 Å². The molecule has 150 valence electrons. The number of fused-ring (bicyclic) bond motifs is 1. The predicted molar refractivity (Wildman–Crippen MR) is 117 cm³/mol. The maximum atomic E-state index is 12.1. The number of carboxylic acid groups (broad SMARTS) is 1. The van der Waals surface area contributed by atoms with Crippen molar-refractivity contribution in [3.05, 3.63) is 77.9 Å². The second-order valence-electron chi connectivity index (χ2n) is 7.35. The van der Waals surface area contributed by atoms with Crippen LogP contribution in [-0.4, -0.2) is 17.0 Å². The molecule has 0 heterocycles. The van der Waals surface area contributed by atoms with Gasteiger partial charge in [-0.2, -0.15) is 0 Å². The van der Waals surface area contributed by atoms with Crippen LogP contribution in [0.25, 0.3) is 10.8 Å². The molecule has 0 aromatic heterocycles. The molecule has 0 fully saturated rings. The van der Waals surface area contributed by atoms with Crippen molar-refractivity contribution in [1.82, 2.24) is 0 Å². The second kappa shape index (κ2) is 10.4. The Balaban J connectivity index is 1.31. The predicted octanol–water partition coefficient (Wildman–Crippen LogP) is 6.06. The summed E-state index contributed by atoms with van der Waals surface area (Å²) in [6.07, 6.45) is 6.72. The molecule has 29 heavy (non-hydrogen) atoms. The summed E-state index contributed by atoms with van der Waals surface area (Å²) < 4.78 is 0. The van der Waals surface area contributed by atoms with Gasteiger partial charge in [0, 0.05) is 6.42 Å². The first-order valence-corrected chi connectivity index (χ1v) is 10.2. The summed E-state index contributed by atoms with van der Waals surface area (Å²) in [5.41, 5.74) is 1.86. The van der Waals surface area contributed by atoms with E-state index < -0.39 is 5.97 Å². The molecule has 0 atom stereocenters. The second-order valence-corrected chi connectivity index (χ2v) is 7.35. The zero-order valence-corrected chi connectivity index (χ0v) is 16.6. The summed E-state index contributed by atoms with van der Waals surface area (Å²) in [5.74, 6) is -1.16. The molecule has 0 saturated heterocycles. The molecule has 1 amide bonds. The molecule has 0 saturated carbocycles. The number of benzene rings is 3. The summed E-state index contributed by atoms with van der Waals surface area (Å²) in [6, 6.07) is 21.6. The van der Waals surface area contributed by atoms with Gasteiger partial charge in [0.05, 0.1) is 11.3 Å². The normalized spacial score (nSPS) is 10.8. The molecule has 0 aliphatic rings. The minimum absolute atomic E-state index is 0.120. The molecule has 0 aliphatic carbocycles. The van der Waals surface area contributed by atoms with Crippen molar-refractivity contribution in [2.75, 3.05) is 5.32 Å². The number of amides is 1. The van der Waals surface area contributed by atoms with Crippen LogP contribution in [0.1, 0.15) is 54.4 Å². The van der Waals surface area contributed by atoms with Gasteiger partial charge in [-0.3, -0.25) is 4.79 Å². The van der Waals surface area contributed by atoms with Crippen LogP contribution in [0.15, 0.2) is 66.7 Å². The molecule has 0 radical (unpaired) electrons. The number of aromatic carboxylic acids is 1. The lowest BCUT2D eigenvalue weighted by Crippen LogP contribution is -2.14. The van der Waals surface area contributed by atoms with Crippen molar-refractivity contribution in [2.24, 2.45) is 0 Å². The van der Waals surface area contributed by atoms with Crippen LogP contribution in [0.2, 0.25) is 0 Å². The van der Waals surface area contributed by atoms with Crippen LogP contribution >= 0.6 is 0 Å². The van der Waals surface area contributed by atoms with Gasteiger partial charge in [0.15, 0.2) is 0 Å². The maximum absolute atomic E-state index is 12.1. The number of hydrogen-bond donors (Lipinski definition) is 2. The molecular weight excluding hydrogens is 362 g/mol. The van der Waals surface area contributed by atoms with Gasteiger partial charge in [-0.05, 0) is 47.7 Å². The van der Waals surface area contributed by atoms with Gasteiger partial charge in [0.1, 0.15) is 0 Å². The topological polar surface area (TPSA) is 66.4 Å². The molecular formula is C25H27NO3. The zero-order chi connectivity index (χ0) is 20.5. The van der Waals surface area contributed by atoms with Crippen molar-refractivity contribution >= 4 is 28.3 Å². The fraction of sp³-hybridized carbons (Fsp3) is 0.280. The highest BCUT2D eigenvalue weighted by Gasteiger charge is 2.11. The lowest BCUT2D eigenvalue weighted by atomic mass is 10.0. The van der Waals surface area contributed by atoms with Crippen LogP contribution < -0.4 is 5.32 Å². The minimum Gasteiger partial charge on any atom is -0.478 e. The van der Waals surface area contributed by atoms with E-state index in [2.05, 4.69) is 47.8 Å². The smallest absolute Gasteiger partial charge is 0.337 e. The van der Waals surface area contributed by atoms with Crippen LogP contribution in [0, 0.1) is 0 Å². The van der Waals surface area contributed by atoms with Gasteiger partial charge in [-0.1, -0.05) is 73.9 Å². The van der Waals surface area contributed by atoms with Gasteiger partial charge in [-0.25, -0.2) is 4.79 Å². The van der Waals surface area contributed by atoms with Crippen LogP contribution in [0.3, 0.4) is 0 Å². The van der Waals surface area contributed by atoms with Gasteiger partial charge in [-0.15, -0.1) is 0 Å². The summed E-state index contributed by atoms with van der Waals surface area (Å²) in [6.45, 7) is 0. The number of hydrogen-bond acceptors (Lipinski definition) is 2. The lowest BCUT2D eigenvalue weighted by Gasteiger charge is -2.08. The van der Waals surface area contributed by atoms with E-state index >= 15 is 0 Å². The zero-order valence-electron chi connectivity index (χ0n) is 16.6. The van der Waals surface area contributed by atoms with Gasteiger partial charge in [0.25, 0.3) is 0 Å². The van der Waals surface area contributed by atoms with Crippen molar-refractivity contribution < 1.29 is 14.7 Å². The number of carbonyl (C=O) groups is 2. The SMILES string of the molecule is O=C(CCCCCCCc1ccc2ccccc2c1)Nc1ccccc1C(=O)O. The van der Waals surface area contributed by atoms with E-state index in [-0.39, 0.29) is 11.5 Å². The van der Waals surface area contributed by atoms with E-state index in [1.54, 1.807) is 18.2 Å². The number of anilines is 1. The quantitative estimate of drug-likeness (QED) is 0.414. The van der Waals surface area contributed by atoms with Gasteiger partial charge in [0.2, 0.25) is 5.91 Å². The fourth-order valence-electron chi connectivity index (χ4n) is 3.53. The Bertz CT molecular complexity index is 980. The van der Waals surface area contributed by atoms with Crippen molar-refractivity contribution in [3.8, 4) is 0 Å². The third-order valence-electron chi connectivity index (χ3n) is 5.11. The highest BCUT2D eigenvalue weighted by molar-refractivity contribution is 6.00. The van der Waals surface area contributed by atoms with E-state index in [9.17, 15) is 9.59 Å². The Morgan fingerprint density at radius 3 is 2.28 bits per heavy atom. The highest BCUT2D eigenvalue weighted by atomic mass is 16.4. The standard InChI is InChI=1S/C25H27NO3/c27-24(26-23-14-9-8-13-22(23)25(28)29)15-5-3-1-2-4-10-19-16-17-20-11-6-7-12-21(20)18-19/h6-9,11-14,16-18H,1-5,10,15H2,(H,26,27)(H,28,29). The first kappa shape index (κ1) is 20.6.